The van der Waals surface area contributed by atoms with Gasteiger partial charge in [0.05, 0.1) is 11.4 Å². The fraction of sp³-hybridized carbons (Fsp3) is 0.333. The predicted octanol–water partition coefficient (Wildman–Crippen LogP) is 3.31. The second kappa shape index (κ2) is 3.05. The lowest BCUT2D eigenvalue weighted by atomic mass is 9.99. The largest absolute Gasteiger partial charge is 0.356 e. The Morgan fingerprint density at radius 3 is 1.79 bits per heavy atom. The third-order valence-electron chi connectivity index (χ3n) is 2.97. The molecule has 2 nitrogen and oxygen atoms in total. The number of hydrogen-bond acceptors (Lipinski definition) is 2. The van der Waals surface area contributed by atoms with Crippen molar-refractivity contribution >= 4 is 11.4 Å². The van der Waals surface area contributed by atoms with Crippen molar-refractivity contribution in [2.45, 2.75) is 25.7 Å². The molecular weight excluding hydrogens is 172 g/mol. The second-order valence-electron chi connectivity index (χ2n) is 3.96. The topological polar surface area (TPSA) is 24.1 Å². The van der Waals surface area contributed by atoms with Crippen molar-refractivity contribution in [3.05, 3.63) is 35.7 Å². The number of nitrogens with one attached hydrogen (secondary N) is 2. The normalized spacial score (nSPS) is 19.1. The molecule has 14 heavy (non-hydrogen) atoms. The maximum atomic E-state index is 3.52. The summed E-state index contributed by atoms with van der Waals surface area (Å²) in [5.74, 6) is 0. The van der Waals surface area contributed by atoms with E-state index in [0.717, 1.165) is 0 Å². The summed E-state index contributed by atoms with van der Waals surface area (Å²) in [4.78, 5) is 0. The molecule has 2 heteroatoms. The van der Waals surface area contributed by atoms with Crippen molar-refractivity contribution in [1.29, 1.82) is 0 Å². The summed E-state index contributed by atoms with van der Waals surface area (Å²) in [6, 6.07) is 8.39. The first-order valence-electron chi connectivity index (χ1n) is 5.28. The Morgan fingerprint density at radius 2 is 1.29 bits per heavy atom. The van der Waals surface area contributed by atoms with Crippen LogP contribution in [0.2, 0.25) is 0 Å². The van der Waals surface area contributed by atoms with Crippen LogP contribution < -0.4 is 10.6 Å². The van der Waals surface area contributed by atoms with Crippen LogP contribution in [-0.2, 0) is 0 Å². The number of para-hydroxylation sites is 2. The molecule has 0 saturated carbocycles. The fourth-order valence-corrected chi connectivity index (χ4v) is 2.21. The third kappa shape index (κ3) is 1.18. The van der Waals surface area contributed by atoms with E-state index < -0.39 is 0 Å². The van der Waals surface area contributed by atoms with Crippen LogP contribution in [0.3, 0.4) is 0 Å². The molecule has 72 valence electrons. The van der Waals surface area contributed by atoms with E-state index in [1.165, 1.54) is 48.5 Å². The highest BCUT2D eigenvalue weighted by atomic mass is 15.0. The Morgan fingerprint density at radius 1 is 0.786 bits per heavy atom. The van der Waals surface area contributed by atoms with E-state index in [1.807, 2.05) is 0 Å². The van der Waals surface area contributed by atoms with Crippen molar-refractivity contribution in [3.63, 3.8) is 0 Å². The molecular formula is C12H14N2. The van der Waals surface area contributed by atoms with Gasteiger partial charge in [-0.3, -0.25) is 0 Å². The number of allylic oxidation sites excluding steroid dienone is 2. The summed E-state index contributed by atoms with van der Waals surface area (Å²) < 4.78 is 0. The molecule has 0 unspecified atom stereocenters. The zero-order valence-corrected chi connectivity index (χ0v) is 8.14. The highest BCUT2D eigenvalue weighted by Gasteiger charge is 2.18. The first-order valence-corrected chi connectivity index (χ1v) is 5.28. The smallest absolute Gasteiger partial charge is 0.0621 e. The first kappa shape index (κ1) is 7.92. The van der Waals surface area contributed by atoms with Gasteiger partial charge in [-0.1, -0.05) is 12.1 Å². The lowest BCUT2D eigenvalue weighted by Gasteiger charge is -2.29. The molecule has 2 N–H and O–H groups in total. The quantitative estimate of drug-likeness (QED) is 0.649. The van der Waals surface area contributed by atoms with Crippen molar-refractivity contribution in [1.82, 2.24) is 0 Å². The molecule has 2 aliphatic rings. The predicted molar refractivity (Wildman–Crippen MR) is 59.2 cm³/mol. The van der Waals surface area contributed by atoms with Crippen LogP contribution in [0.1, 0.15) is 25.7 Å². The van der Waals surface area contributed by atoms with Crippen molar-refractivity contribution in [3.8, 4) is 0 Å². The van der Waals surface area contributed by atoms with Crippen molar-refractivity contribution < 1.29 is 0 Å². The van der Waals surface area contributed by atoms with Crippen LogP contribution in [0, 0.1) is 0 Å². The SMILES string of the molecule is c1ccc2c(c1)NC1=C(CCCC1)N2. The van der Waals surface area contributed by atoms with Crippen LogP contribution in [-0.4, -0.2) is 0 Å². The Hall–Kier alpha value is -1.44. The van der Waals surface area contributed by atoms with Gasteiger partial charge in [-0.05, 0) is 37.8 Å². The number of hydrogen-bond donors (Lipinski definition) is 2. The number of fused-ring (bicyclic) bond motifs is 1. The number of rotatable bonds is 0. The molecule has 0 aromatic heterocycles. The summed E-state index contributed by atoms with van der Waals surface area (Å²) in [5.41, 5.74) is 5.23. The standard InChI is InChI=1S/C12H14N2/c1-2-6-10-9(5-1)13-11-7-3-4-8-12(11)14-10/h1-2,5-6,13-14H,3-4,7-8H2. The van der Waals surface area contributed by atoms with Gasteiger partial charge in [-0.15, -0.1) is 0 Å². The first-order chi connectivity index (χ1) is 6.93. The van der Waals surface area contributed by atoms with Crippen molar-refractivity contribution in [2.24, 2.45) is 0 Å². The van der Waals surface area contributed by atoms with Gasteiger partial charge in [-0.2, -0.15) is 0 Å². The Kier molecular flexibility index (Phi) is 1.72. The average molecular weight is 186 g/mol. The molecule has 1 aliphatic heterocycles. The molecule has 0 saturated heterocycles. The molecule has 0 radical (unpaired) electrons. The van der Waals surface area contributed by atoms with Gasteiger partial charge in [0.25, 0.3) is 0 Å². The maximum Gasteiger partial charge on any atom is 0.0621 e. The van der Waals surface area contributed by atoms with Gasteiger partial charge in [0, 0.05) is 11.4 Å². The van der Waals surface area contributed by atoms with Gasteiger partial charge < -0.3 is 10.6 Å². The van der Waals surface area contributed by atoms with Gasteiger partial charge in [-0.25, -0.2) is 0 Å². The lowest BCUT2D eigenvalue weighted by molar-refractivity contribution is 0.675. The van der Waals surface area contributed by atoms with Gasteiger partial charge >= 0.3 is 0 Å². The zero-order chi connectivity index (χ0) is 9.38. The Balaban J connectivity index is 1.99. The maximum absolute atomic E-state index is 3.52. The third-order valence-corrected chi connectivity index (χ3v) is 2.97. The summed E-state index contributed by atoms with van der Waals surface area (Å²) in [6.07, 6.45) is 5.01. The Bertz CT molecular complexity index is 356. The van der Waals surface area contributed by atoms with Crippen LogP contribution in [0.15, 0.2) is 35.7 Å². The molecule has 0 bridgehead atoms. The minimum Gasteiger partial charge on any atom is -0.356 e. The highest BCUT2D eigenvalue weighted by molar-refractivity contribution is 5.75. The molecule has 0 atom stereocenters. The van der Waals surface area contributed by atoms with E-state index in [2.05, 4.69) is 34.9 Å². The van der Waals surface area contributed by atoms with Gasteiger partial charge in [0.1, 0.15) is 0 Å². The summed E-state index contributed by atoms with van der Waals surface area (Å²) in [7, 11) is 0. The molecule has 1 aliphatic carbocycles. The van der Waals surface area contributed by atoms with E-state index in [1.54, 1.807) is 0 Å². The molecule has 0 amide bonds. The van der Waals surface area contributed by atoms with E-state index in [4.69, 9.17) is 0 Å². The minimum absolute atomic E-state index is 1.19. The summed E-state index contributed by atoms with van der Waals surface area (Å²) >= 11 is 0. The number of benzene rings is 1. The molecule has 1 aromatic rings. The molecule has 0 spiro atoms. The molecule has 0 fully saturated rings. The van der Waals surface area contributed by atoms with Crippen LogP contribution in [0.5, 0.6) is 0 Å². The van der Waals surface area contributed by atoms with E-state index >= 15 is 0 Å². The summed E-state index contributed by atoms with van der Waals surface area (Å²) in [6.45, 7) is 0. The monoisotopic (exact) mass is 186 g/mol. The van der Waals surface area contributed by atoms with Crippen molar-refractivity contribution in [2.75, 3.05) is 10.6 Å². The molecule has 1 heterocycles. The fourth-order valence-electron chi connectivity index (χ4n) is 2.21. The van der Waals surface area contributed by atoms with Crippen LogP contribution >= 0.6 is 0 Å². The summed E-state index contributed by atoms with van der Waals surface area (Å²) in [5, 5.41) is 7.03. The Labute approximate surface area is 84.0 Å². The average Bonchev–Trinajstić information content (AvgIpc) is 2.26. The number of anilines is 2. The van der Waals surface area contributed by atoms with Crippen LogP contribution in [0.25, 0.3) is 0 Å². The van der Waals surface area contributed by atoms with Crippen LogP contribution in [0.4, 0.5) is 11.4 Å². The van der Waals surface area contributed by atoms with Gasteiger partial charge in [0.15, 0.2) is 0 Å². The van der Waals surface area contributed by atoms with E-state index in [-0.39, 0.29) is 0 Å². The minimum atomic E-state index is 1.19. The highest BCUT2D eigenvalue weighted by Crippen LogP contribution is 2.35. The van der Waals surface area contributed by atoms with E-state index in [0.29, 0.717) is 0 Å². The lowest BCUT2D eigenvalue weighted by Crippen LogP contribution is -2.19. The second-order valence-corrected chi connectivity index (χ2v) is 3.96. The van der Waals surface area contributed by atoms with E-state index in [9.17, 15) is 0 Å². The molecule has 3 rings (SSSR count). The van der Waals surface area contributed by atoms with Gasteiger partial charge in [0.2, 0.25) is 0 Å². The zero-order valence-electron chi connectivity index (χ0n) is 8.14. The molecule has 1 aromatic carbocycles.